The standard InChI is InChI=1S/C47H51N3O10/c1-29(40(49-44(54)59-46(2,3)4)42(52)56-27-30-17-9-8-10-18-30)58-41(51)38(25-31-26-50(45(55)60-47(5,6)7)39-24-16-15-19-32(31)39)48-43(53)57-28-37-35-22-13-11-20-33(35)34-21-12-14-23-36(34)37/h8-24,26,29,37-38,40H,25,27-28H2,1-7H3,(H,48,53)(H,49,54)/t29-,38+,40+/m1/s1. The van der Waals surface area contributed by atoms with E-state index in [1.54, 1.807) is 96.3 Å². The van der Waals surface area contributed by atoms with Gasteiger partial charge in [0.15, 0.2) is 6.04 Å². The summed E-state index contributed by atoms with van der Waals surface area (Å²) in [5.41, 5.74) is 4.16. The Morgan fingerprint density at radius 3 is 1.88 bits per heavy atom. The zero-order valence-corrected chi connectivity index (χ0v) is 34.9. The van der Waals surface area contributed by atoms with Crippen molar-refractivity contribution >= 4 is 41.1 Å². The summed E-state index contributed by atoms with van der Waals surface area (Å²) in [6.45, 7) is 11.5. The van der Waals surface area contributed by atoms with Crippen LogP contribution in [0.3, 0.4) is 0 Å². The molecule has 2 N–H and O–H groups in total. The lowest BCUT2D eigenvalue weighted by atomic mass is 9.98. The molecule has 1 aliphatic rings. The van der Waals surface area contributed by atoms with Crippen molar-refractivity contribution in [1.82, 2.24) is 15.2 Å². The molecule has 5 aromatic rings. The van der Waals surface area contributed by atoms with Crippen LogP contribution < -0.4 is 10.6 Å². The molecular weight excluding hydrogens is 767 g/mol. The van der Waals surface area contributed by atoms with Gasteiger partial charge in [0.25, 0.3) is 0 Å². The molecule has 0 fully saturated rings. The van der Waals surface area contributed by atoms with E-state index in [4.69, 9.17) is 23.7 Å². The highest BCUT2D eigenvalue weighted by molar-refractivity contribution is 5.93. The number of nitrogens with one attached hydrogen (secondary N) is 2. The quantitative estimate of drug-likeness (QED) is 0.0924. The number of aromatic nitrogens is 1. The van der Waals surface area contributed by atoms with Gasteiger partial charge in [0.2, 0.25) is 0 Å². The maximum absolute atomic E-state index is 14.3. The van der Waals surface area contributed by atoms with Crippen LogP contribution in [0.25, 0.3) is 22.0 Å². The smallest absolute Gasteiger partial charge is 0.419 e. The van der Waals surface area contributed by atoms with E-state index in [2.05, 4.69) is 10.6 Å². The highest BCUT2D eigenvalue weighted by atomic mass is 16.6. The summed E-state index contributed by atoms with van der Waals surface area (Å²) >= 11 is 0. The number of ether oxygens (including phenoxy) is 5. The predicted molar refractivity (Wildman–Crippen MR) is 224 cm³/mol. The number of esters is 2. The van der Waals surface area contributed by atoms with Gasteiger partial charge in [-0.3, -0.25) is 4.57 Å². The lowest BCUT2D eigenvalue weighted by Crippen LogP contribution is -2.53. The minimum absolute atomic E-state index is 0.0227. The van der Waals surface area contributed by atoms with E-state index in [1.165, 1.54) is 11.5 Å². The normalized spacial score (nSPS) is 13.8. The second-order valence-electron chi connectivity index (χ2n) is 16.6. The summed E-state index contributed by atoms with van der Waals surface area (Å²) in [4.78, 5) is 67.9. The Morgan fingerprint density at radius 1 is 0.667 bits per heavy atom. The number of amides is 2. The molecule has 4 aromatic carbocycles. The molecule has 0 aliphatic heterocycles. The first kappa shape index (κ1) is 43.0. The largest absolute Gasteiger partial charge is 0.459 e. The maximum atomic E-state index is 14.3. The fourth-order valence-corrected chi connectivity index (χ4v) is 7.02. The van der Waals surface area contributed by atoms with Crippen molar-refractivity contribution in [3.05, 3.63) is 132 Å². The fourth-order valence-electron chi connectivity index (χ4n) is 7.02. The molecule has 1 aliphatic carbocycles. The summed E-state index contributed by atoms with van der Waals surface area (Å²) in [6, 6.07) is 28.9. The average Bonchev–Trinajstić information content (AvgIpc) is 3.72. The highest BCUT2D eigenvalue weighted by Gasteiger charge is 2.36. The molecule has 2 amide bonds. The van der Waals surface area contributed by atoms with E-state index in [0.29, 0.717) is 22.0 Å². The van der Waals surface area contributed by atoms with Crippen LogP contribution in [-0.2, 0) is 46.3 Å². The van der Waals surface area contributed by atoms with Crippen LogP contribution in [0.2, 0.25) is 0 Å². The van der Waals surface area contributed by atoms with Crippen molar-refractivity contribution in [3.8, 4) is 11.1 Å². The Morgan fingerprint density at radius 2 is 1.25 bits per heavy atom. The maximum Gasteiger partial charge on any atom is 0.419 e. The average molecular weight is 818 g/mol. The summed E-state index contributed by atoms with van der Waals surface area (Å²) in [7, 11) is 0. The number of nitrogens with zero attached hydrogens (tertiary/aromatic N) is 1. The van der Waals surface area contributed by atoms with Crippen LogP contribution in [-0.4, -0.2) is 70.8 Å². The van der Waals surface area contributed by atoms with Crippen LogP contribution in [0.15, 0.2) is 109 Å². The lowest BCUT2D eigenvalue weighted by molar-refractivity contribution is -0.159. The number of carbonyl (C=O) groups is 5. The van der Waals surface area contributed by atoms with Crippen LogP contribution in [0, 0.1) is 0 Å². The van der Waals surface area contributed by atoms with Crippen LogP contribution >= 0.6 is 0 Å². The molecule has 60 heavy (non-hydrogen) atoms. The Kier molecular flexibility index (Phi) is 13.0. The number of para-hydroxylation sites is 1. The SMILES string of the molecule is C[C@@H](OC(=O)[C@H](Cc1cn(C(=O)OC(C)(C)C)c2ccccc12)NC(=O)OCC1c2ccccc2-c2ccccc21)[C@H](NC(=O)OC(C)(C)C)C(=O)OCc1ccccc1. The predicted octanol–water partition coefficient (Wildman–Crippen LogP) is 8.44. The van der Waals surface area contributed by atoms with Gasteiger partial charge in [-0.1, -0.05) is 97.1 Å². The molecular formula is C47H51N3O10. The topological polar surface area (TPSA) is 160 Å². The van der Waals surface area contributed by atoms with Gasteiger partial charge in [-0.2, -0.15) is 0 Å². The molecule has 13 heteroatoms. The molecule has 13 nitrogen and oxygen atoms in total. The summed E-state index contributed by atoms with van der Waals surface area (Å²) in [5.74, 6) is -2.08. The van der Waals surface area contributed by atoms with Crippen molar-refractivity contribution in [3.63, 3.8) is 0 Å². The molecule has 0 bridgehead atoms. The molecule has 3 atom stereocenters. The Labute approximate surface area is 349 Å². The van der Waals surface area contributed by atoms with E-state index in [0.717, 1.165) is 22.3 Å². The van der Waals surface area contributed by atoms with Gasteiger partial charge < -0.3 is 34.3 Å². The van der Waals surface area contributed by atoms with Crippen LogP contribution in [0.5, 0.6) is 0 Å². The molecule has 0 saturated carbocycles. The van der Waals surface area contributed by atoms with E-state index >= 15 is 0 Å². The van der Waals surface area contributed by atoms with E-state index in [1.807, 2.05) is 54.6 Å². The van der Waals surface area contributed by atoms with Crippen LogP contribution in [0.4, 0.5) is 14.4 Å². The van der Waals surface area contributed by atoms with Gasteiger partial charge in [-0.25, -0.2) is 24.0 Å². The molecule has 314 valence electrons. The molecule has 1 aromatic heterocycles. The summed E-state index contributed by atoms with van der Waals surface area (Å²) in [6.07, 6.45) is -2.39. The Hall–Kier alpha value is -6.63. The number of hydrogen-bond donors (Lipinski definition) is 2. The Balaban J connectivity index is 1.26. The molecule has 0 unspecified atom stereocenters. The molecule has 1 heterocycles. The Bertz CT molecular complexity index is 2310. The van der Waals surface area contributed by atoms with Gasteiger partial charge in [0.05, 0.1) is 5.52 Å². The highest BCUT2D eigenvalue weighted by Crippen LogP contribution is 2.44. The number of hydrogen-bond acceptors (Lipinski definition) is 10. The monoisotopic (exact) mass is 817 g/mol. The van der Waals surface area contributed by atoms with Gasteiger partial charge >= 0.3 is 30.2 Å². The van der Waals surface area contributed by atoms with Gasteiger partial charge in [-0.15, -0.1) is 0 Å². The van der Waals surface area contributed by atoms with Gasteiger partial charge in [0, 0.05) is 23.9 Å². The van der Waals surface area contributed by atoms with Gasteiger partial charge in [-0.05, 0) is 87.9 Å². The van der Waals surface area contributed by atoms with Gasteiger partial charge in [0.1, 0.15) is 36.6 Å². The van der Waals surface area contributed by atoms with E-state index in [9.17, 15) is 24.0 Å². The number of carbonyl (C=O) groups excluding carboxylic acids is 5. The molecule has 6 rings (SSSR count). The minimum Gasteiger partial charge on any atom is -0.459 e. The van der Waals surface area contributed by atoms with Crippen molar-refractivity contribution in [2.24, 2.45) is 0 Å². The third-order valence-corrected chi connectivity index (χ3v) is 9.65. The first-order valence-electron chi connectivity index (χ1n) is 19.8. The number of rotatable bonds is 12. The second kappa shape index (κ2) is 18.1. The van der Waals surface area contributed by atoms with E-state index < -0.39 is 59.6 Å². The summed E-state index contributed by atoms with van der Waals surface area (Å²) < 4.78 is 29.7. The first-order chi connectivity index (χ1) is 28.5. The first-order valence-corrected chi connectivity index (χ1v) is 19.8. The molecule has 0 spiro atoms. The second-order valence-corrected chi connectivity index (χ2v) is 16.6. The third-order valence-electron chi connectivity index (χ3n) is 9.65. The van der Waals surface area contributed by atoms with Crippen molar-refractivity contribution in [1.29, 1.82) is 0 Å². The van der Waals surface area contributed by atoms with Crippen molar-refractivity contribution in [2.75, 3.05) is 6.61 Å². The lowest BCUT2D eigenvalue weighted by Gasteiger charge is -2.27. The number of fused-ring (bicyclic) bond motifs is 4. The van der Waals surface area contributed by atoms with Crippen molar-refractivity contribution < 1.29 is 47.7 Å². The zero-order chi connectivity index (χ0) is 43.2. The van der Waals surface area contributed by atoms with E-state index in [-0.39, 0.29) is 25.6 Å². The molecule has 0 saturated heterocycles. The minimum atomic E-state index is -1.50. The summed E-state index contributed by atoms with van der Waals surface area (Å²) in [5, 5.41) is 5.79. The zero-order valence-electron chi connectivity index (χ0n) is 34.9. The van der Waals surface area contributed by atoms with Crippen LogP contribution in [0.1, 0.15) is 76.6 Å². The van der Waals surface area contributed by atoms with Crippen molar-refractivity contribution in [2.45, 2.75) is 96.8 Å². The number of benzene rings is 4. The molecule has 0 radical (unpaired) electrons. The fraction of sp³-hybridized carbons (Fsp3) is 0.340. The number of alkyl carbamates (subject to hydrolysis) is 2. The third kappa shape index (κ3) is 10.7.